The smallest absolute Gasteiger partial charge is 0.161 e. The Hall–Kier alpha value is -1.39. The van der Waals surface area contributed by atoms with E-state index in [2.05, 4.69) is 13.0 Å². The average molecular weight is 344 g/mol. The summed E-state index contributed by atoms with van der Waals surface area (Å²) >= 11 is 0. The minimum atomic E-state index is -1.28. The molecule has 0 radical (unpaired) electrons. The van der Waals surface area contributed by atoms with E-state index in [1.165, 1.54) is 6.92 Å². The van der Waals surface area contributed by atoms with Gasteiger partial charge in [0.25, 0.3) is 0 Å². The highest BCUT2D eigenvalue weighted by Crippen LogP contribution is 2.66. The van der Waals surface area contributed by atoms with Crippen molar-refractivity contribution in [2.45, 2.75) is 58.2 Å². The van der Waals surface area contributed by atoms with E-state index in [1.807, 2.05) is 25.2 Å². The minimum Gasteiger partial charge on any atom is -0.512 e. The van der Waals surface area contributed by atoms with Crippen molar-refractivity contribution in [3.8, 4) is 0 Å². The predicted molar refractivity (Wildman–Crippen MR) is 94.7 cm³/mol. The molecular weight excluding hydrogens is 316 g/mol. The van der Waals surface area contributed by atoms with Gasteiger partial charge in [0, 0.05) is 16.7 Å². The summed E-state index contributed by atoms with van der Waals surface area (Å²) in [5.41, 5.74) is -1.01. The number of fused-ring (bicyclic) bond motifs is 5. The third-order valence-corrected chi connectivity index (χ3v) is 8.03. The van der Waals surface area contributed by atoms with E-state index in [-0.39, 0.29) is 29.0 Å². The van der Waals surface area contributed by atoms with Gasteiger partial charge in [0.2, 0.25) is 0 Å². The monoisotopic (exact) mass is 344 g/mol. The molecule has 25 heavy (non-hydrogen) atoms. The molecule has 2 saturated carbocycles. The predicted octanol–water partition coefficient (Wildman–Crippen LogP) is 3.07. The van der Waals surface area contributed by atoms with Crippen molar-refractivity contribution in [1.82, 2.24) is 0 Å². The van der Waals surface area contributed by atoms with Gasteiger partial charge in [-0.1, -0.05) is 26.0 Å². The van der Waals surface area contributed by atoms with Crippen LogP contribution in [0.2, 0.25) is 0 Å². The van der Waals surface area contributed by atoms with Crippen molar-refractivity contribution in [1.29, 1.82) is 0 Å². The van der Waals surface area contributed by atoms with Gasteiger partial charge in [-0.25, -0.2) is 0 Å². The molecule has 4 nitrogen and oxygen atoms in total. The molecule has 0 aromatic carbocycles. The fourth-order valence-electron chi connectivity index (χ4n) is 6.43. The van der Waals surface area contributed by atoms with E-state index in [4.69, 9.17) is 0 Å². The second kappa shape index (κ2) is 5.08. The molecule has 3 N–H and O–H groups in total. The van der Waals surface area contributed by atoms with Gasteiger partial charge >= 0.3 is 0 Å². The Labute approximate surface area is 148 Å². The Kier molecular flexibility index (Phi) is 3.46. The normalized spacial score (nSPS) is 51.1. The lowest BCUT2D eigenvalue weighted by atomic mass is 9.48. The topological polar surface area (TPSA) is 77.8 Å². The number of rotatable bonds is 1. The number of ketones is 1. The molecule has 4 aliphatic rings. The summed E-state index contributed by atoms with van der Waals surface area (Å²) in [6.07, 6.45) is 9.80. The van der Waals surface area contributed by atoms with Crippen LogP contribution in [0, 0.1) is 28.6 Å². The van der Waals surface area contributed by atoms with Crippen molar-refractivity contribution >= 4 is 5.78 Å². The summed E-state index contributed by atoms with van der Waals surface area (Å²) in [6, 6.07) is 0. The van der Waals surface area contributed by atoms with E-state index >= 15 is 0 Å². The zero-order chi connectivity index (χ0) is 18.2. The third-order valence-electron chi connectivity index (χ3n) is 8.03. The second-order valence-corrected chi connectivity index (χ2v) is 8.97. The van der Waals surface area contributed by atoms with Gasteiger partial charge in [-0.05, 0) is 62.2 Å². The first-order valence-corrected chi connectivity index (χ1v) is 9.37. The fraction of sp³-hybridized carbons (Fsp3) is 0.667. The maximum absolute atomic E-state index is 12.2. The molecule has 2 fully saturated rings. The van der Waals surface area contributed by atoms with Crippen LogP contribution < -0.4 is 0 Å². The number of aliphatic hydroxyl groups is 3. The van der Waals surface area contributed by atoms with Gasteiger partial charge < -0.3 is 15.3 Å². The molecule has 0 aromatic heterocycles. The maximum Gasteiger partial charge on any atom is 0.161 e. The van der Waals surface area contributed by atoms with Crippen LogP contribution in [0.4, 0.5) is 0 Å². The summed E-state index contributed by atoms with van der Waals surface area (Å²) in [5.74, 6) is 0.465. The fourth-order valence-corrected chi connectivity index (χ4v) is 6.43. The van der Waals surface area contributed by atoms with Gasteiger partial charge in [-0.2, -0.15) is 0 Å². The van der Waals surface area contributed by atoms with Crippen molar-refractivity contribution in [3.63, 3.8) is 0 Å². The zero-order valence-electron chi connectivity index (χ0n) is 15.2. The quantitative estimate of drug-likeness (QED) is 0.639. The van der Waals surface area contributed by atoms with Gasteiger partial charge in [-0.15, -0.1) is 0 Å². The summed E-state index contributed by atoms with van der Waals surface area (Å²) < 4.78 is 0. The number of aliphatic hydroxyl groups excluding tert-OH is 2. The number of hydrogen-bond acceptors (Lipinski definition) is 4. The van der Waals surface area contributed by atoms with Crippen LogP contribution in [0.3, 0.4) is 0 Å². The Morgan fingerprint density at radius 1 is 1.20 bits per heavy atom. The van der Waals surface area contributed by atoms with Crippen molar-refractivity contribution in [2.24, 2.45) is 28.6 Å². The standard InChI is InChI=1S/C21H28O4/c1-12(22)21(25)9-6-16-18-15(5-8-20(16,21)3)19(2)7-4-14(23)10-13(19)11-17(18)24/h4,7,10-11,14-16,18,23-25H,5-6,8-9H2,1-3H3/t14?,15-,16-,18+,19-,20-,21-/m0/s1. The van der Waals surface area contributed by atoms with E-state index < -0.39 is 17.1 Å². The number of hydrogen-bond donors (Lipinski definition) is 3. The largest absolute Gasteiger partial charge is 0.512 e. The molecule has 0 saturated heterocycles. The zero-order valence-corrected chi connectivity index (χ0v) is 15.2. The van der Waals surface area contributed by atoms with Gasteiger partial charge in [0.05, 0.1) is 11.9 Å². The van der Waals surface area contributed by atoms with Crippen LogP contribution in [0.5, 0.6) is 0 Å². The highest BCUT2D eigenvalue weighted by Gasteiger charge is 2.66. The second-order valence-electron chi connectivity index (χ2n) is 8.97. The highest BCUT2D eigenvalue weighted by molar-refractivity contribution is 5.86. The minimum absolute atomic E-state index is 0.0471. The first kappa shape index (κ1) is 17.0. The van der Waals surface area contributed by atoms with Crippen LogP contribution in [0.1, 0.15) is 46.5 Å². The lowest BCUT2D eigenvalue weighted by Gasteiger charge is -2.56. The number of carbonyl (C=O) groups excluding carboxylic acids is 1. The number of carbonyl (C=O) groups is 1. The molecule has 136 valence electrons. The van der Waals surface area contributed by atoms with Crippen LogP contribution in [0.15, 0.2) is 35.6 Å². The maximum atomic E-state index is 12.2. The Bertz CT molecular complexity index is 719. The van der Waals surface area contributed by atoms with E-state index in [0.717, 1.165) is 24.8 Å². The van der Waals surface area contributed by atoms with Crippen molar-refractivity contribution < 1.29 is 20.1 Å². The summed E-state index contributed by atoms with van der Waals surface area (Å²) in [7, 11) is 0. The summed E-state index contributed by atoms with van der Waals surface area (Å²) in [5, 5.41) is 31.9. The van der Waals surface area contributed by atoms with Gasteiger partial charge in [-0.3, -0.25) is 4.79 Å². The Morgan fingerprint density at radius 3 is 2.56 bits per heavy atom. The van der Waals surface area contributed by atoms with Crippen LogP contribution >= 0.6 is 0 Å². The Morgan fingerprint density at radius 2 is 1.88 bits per heavy atom. The van der Waals surface area contributed by atoms with Crippen LogP contribution in [-0.4, -0.2) is 32.8 Å². The first-order chi connectivity index (χ1) is 11.6. The summed E-state index contributed by atoms with van der Waals surface area (Å²) in [4.78, 5) is 12.2. The molecule has 0 aliphatic heterocycles. The van der Waals surface area contributed by atoms with Gasteiger partial charge in [0.1, 0.15) is 5.60 Å². The van der Waals surface area contributed by atoms with E-state index in [0.29, 0.717) is 12.2 Å². The molecule has 0 amide bonds. The molecular formula is C21H28O4. The Balaban J connectivity index is 1.80. The van der Waals surface area contributed by atoms with Crippen molar-refractivity contribution in [3.05, 3.63) is 35.6 Å². The van der Waals surface area contributed by atoms with E-state index in [1.54, 1.807) is 0 Å². The molecule has 4 aliphatic carbocycles. The van der Waals surface area contributed by atoms with Gasteiger partial charge in [0.15, 0.2) is 5.78 Å². The molecule has 0 spiro atoms. The molecule has 4 heteroatoms. The summed E-state index contributed by atoms with van der Waals surface area (Å²) in [6.45, 7) is 5.70. The molecule has 7 atom stereocenters. The molecule has 0 heterocycles. The van der Waals surface area contributed by atoms with Crippen LogP contribution in [-0.2, 0) is 4.79 Å². The molecule has 0 aromatic rings. The van der Waals surface area contributed by atoms with Crippen LogP contribution in [0.25, 0.3) is 0 Å². The average Bonchev–Trinajstić information content (AvgIpc) is 2.82. The first-order valence-electron chi connectivity index (χ1n) is 9.37. The number of Topliss-reactive ketones (excluding diaryl/α,β-unsaturated/α-hetero) is 1. The molecule has 0 bridgehead atoms. The molecule has 4 rings (SSSR count). The lowest BCUT2D eigenvalue weighted by Crippen LogP contribution is -2.56. The SMILES string of the molecule is CC(=O)[C@@]1(O)CC[C@H]2[C@@H]3C(O)=CC4=CC(O)C=C[C@]4(C)[C@H]3CC[C@@]21C. The van der Waals surface area contributed by atoms with E-state index in [9.17, 15) is 20.1 Å². The third kappa shape index (κ3) is 1.98. The highest BCUT2D eigenvalue weighted by atomic mass is 16.3. The number of allylic oxidation sites excluding steroid dienone is 4. The lowest BCUT2D eigenvalue weighted by molar-refractivity contribution is -0.157. The van der Waals surface area contributed by atoms with Crippen molar-refractivity contribution in [2.75, 3.05) is 0 Å². The molecule has 1 unspecified atom stereocenters.